The number of alkyl halides is 4. The maximum atomic E-state index is 13.4. The summed E-state index contributed by atoms with van der Waals surface area (Å²) in [6.07, 6.45) is -0.581. The van der Waals surface area contributed by atoms with Crippen LogP contribution in [0, 0.1) is 0 Å². The highest BCUT2D eigenvalue weighted by molar-refractivity contribution is 5.83. The van der Waals surface area contributed by atoms with E-state index in [4.69, 9.17) is 0 Å². The van der Waals surface area contributed by atoms with Crippen molar-refractivity contribution in [1.29, 1.82) is 0 Å². The standard InChI is InChI=1S/C23H24F4N4O/c1-22(32,14-4-7-19(28-12-14)23(25,26)27)13-31-17-8-10-30-9-2-3-16(30)20(17)21-18(31)6-5-15(11-24)29-21/h4-7,12,16,32H,2-3,8-11,13H2,1H3. The average molecular weight is 448 g/mol. The van der Waals surface area contributed by atoms with Crippen molar-refractivity contribution in [3.05, 3.63) is 58.7 Å². The Bertz CT molecular complexity index is 1150. The molecule has 0 bridgehead atoms. The molecule has 5 nitrogen and oxygen atoms in total. The molecule has 2 aliphatic heterocycles. The minimum atomic E-state index is -4.53. The summed E-state index contributed by atoms with van der Waals surface area (Å²) in [4.78, 5) is 10.5. The lowest BCUT2D eigenvalue weighted by molar-refractivity contribution is -0.141. The zero-order chi connectivity index (χ0) is 22.7. The second kappa shape index (κ2) is 7.52. The molecule has 3 aromatic rings. The molecule has 3 aromatic heterocycles. The Balaban J connectivity index is 1.58. The van der Waals surface area contributed by atoms with Crippen LogP contribution in [0.2, 0.25) is 0 Å². The molecule has 0 saturated carbocycles. The van der Waals surface area contributed by atoms with Crippen LogP contribution in [0.3, 0.4) is 0 Å². The number of halogens is 4. The minimum Gasteiger partial charge on any atom is -0.384 e. The first-order chi connectivity index (χ1) is 15.2. The van der Waals surface area contributed by atoms with Gasteiger partial charge in [-0.05, 0) is 44.5 Å². The Labute approximate surface area is 182 Å². The summed E-state index contributed by atoms with van der Waals surface area (Å²) in [6, 6.07) is 5.86. The van der Waals surface area contributed by atoms with Crippen LogP contribution in [0.5, 0.6) is 0 Å². The van der Waals surface area contributed by atoms with Crippen molar-refractivity contribution in [1.82, 2.24) is 19.4 Å². The predicted octanol–water partition coefficient (Wildman–Crippen LogP) is 4.52. The second-order valence-electron chi connectivity index (χ2n) is 8.90. The van der Waals surface area contributed by atoms with Gasteiger partial charge in [-0.3, -0.25) is 9.88 Å². The summed E-state index contributed by atoms with van der Waals surface area (Å²) in [7, 11) is 0. The first-order valence-corrected chi connectivity index (χ1v) is 10.8. The molecule has 5 rings (SSSR count). The zero-order valence-electron chi connectivity index (χ0n) is 17.7. The molecule has 1 saturated heterocycles. The number of fused-ring (bicyclic) bond motifs is 5. The van der Waals surface area contributed by atoms with Gasteiger partial charge in [0.25, 0.3) is 0 Å². The number of aliphatic hydroxyl groups is 1. The van der Waals surface area contributed by atoms with Crippen LogP contribution in [0.25, 0.3) is 11.0 Å². The summed E-state index contributed by atoms with van der Waals surface area (Å²) in [5, 5.41) is 11.3. The van der Waals surface area contributed by atoms with Crippen LogP contribution < -0.4 is 0 Å². The van der Waals surface area contributed by atoms with Gasteiger partial charge >= 0.3 is 6.18 Å². The minimum absolute atomic E-state index is 0.134. The molecule has 2 atom stereocenters. The van der Waals surface area contributed by atoms with Crippen molar-refractivity contribution >= 4 is 11.0 Å². The molecular formula is C23H24F4N4O. The lowest BCUT2D eigenvalue weighted by Crippen LogP contribution is -2.33. The van der Waals surface area contributed by atoms with E-state index in [1.165, 1.54) is 6.07 Å². The van der Waals surface area contributed by atoms with E-state index >= 15 is 0 Å². The van der Waals surface area contributed by atoms with E-state index in [0.717, 1.165) is 66.9 Å². The van der Waals surface area contributed by atoms with Gasteiger partial charge in [0.05, 0.1) is 23.3 Å². The maximum absolute atomic E-state index is 13.4. The largest absolute Gasteiger partial charge is 0.433 e. The molecule has 32 heavy (non-hydrogen) atoms. The molecule has 0 aromatic carbocycles. The molecule has 9 heteroatoms. The van der Waals surface area contributed by atoms with Gasteiger partial charge in [-0.2, -0.15) is 13.2 Å². The van der Waals surface area contributed by atoms with Crippen molar-refractivity contribution in [2.75, 3.05) is 13.1 Å². The van der Waals surface area contributed by atoms with Crippen LogP contribution in [0.15, 0.2) is 30.5 Å². The second-order valence-corrected chi connectivity index (χ2v) is 8.90. The van der Waals surface area contributed by atoms with E-state index < -0.39 is 24.1 Å². The quantitative estimate of drug-likeness (QED) is 0.597. The summed E-state index contributed by atoms with van der Waals surface area (Å²) in [5.41, 5.74) is 1.94. The fraction of sp³-hybridized carbons (Fsp3) is 0.478. The van der Waals surface area contributed by atoms with E-state index in [9.17, 15) is 22.7 Å². The van der Waals surface area contributed by atoms with E-state index in [1.807, 2.05) is 10.6 Å². The third-order valence-electron chi connectivity index (χ3n) is 6.73. The molecule has 2 unspecified atom stereocenters. The molecule has 0 spiro atoms. The van der Waals surface area contributed by atoms with Crippen LogP contribution >= 0.6 is 0 Å². The van der Waals surface area contributed by atoms with Crippen LogP contribution in [0.1, 0.15) is 54.0 Å². The number of nitrogens with zero attached hydrogens (tertiary/aromatic N) is 4. The zero-order valence-corrected chi connectivity index (χ0v) is 17.7. The van der Waals surface area contributed by atoms with E-state index in [2.05, 4.69) is 14.9 Å². The lowest BCUT2D eigenvalue weighted by Gasteiger charge is -2.32. The monoisotopic (exact) mass is 448 g/mol. The van der Waals surface area contributed by atoms with Gasteiger partial charge in [-0.1, -0.05) is 6.07 Å². The highest BCUT2D eigenvalue weighted by atomic mass is 19.4. The number of rotatable bonds is 4. The Morgan fingerprint density at radius 1 is 1.16 bits per heavy atom. The van der Waals surface area contributed by atoms with Crippen molar-refractivity contribution in [2.45, 2.75) is 57.2 Å². The lowest BCUT2D eigenvalue weighted by atomic mass is 9.96. The molecule has 1 fully saturated rings. The molecule has 5 heterocycles. The molecule has 1 N–H and O–H groups in total. The normalized spacial score (nSPS) is 20.9. The molecule has 170 valence electrons. The third-order valence-corrected chi connectivity index (χ3v) is 6.73. The third kappa shape index (κ3) is 3.47. The summed E-state index contributed by atoms with van der Waals surface area (Å²) in [5.74, 6) is 0. The van der Waals surface area contributed by atoms with Gasteiger partial charge in [0, 0.05) is 42.0 Å². The molecule has 0 amide bonds. The van der Waals surface area contributed by atoms with Gasteiger partial charge in [0.2, 0.25) is 0 Å². The van der Waals surface area contributed by atoms with Gasteiger partial charge in [-0.25, -0.2) is 9.37 Å². The summed E-state index contributed by atoms with van der Waals surface area (Å²) in [6.45, 7) is 2.97. The first-order valence-electron chi connectivity index (χ1n) is 10.8. The van der Waals surface area contributed by atoms with Crippen LogP contribution in [-0.2, 0) is 31.4 Å². The SMILES string of the molecule is CC(O)(Cn1c2c(c3nc(CF)ccc31)C1CCCN1CC2)c1ccc(C(F)(F)F)nc1. The Morgan fingerprint density at radius 3 is 2.66 bits per heavy atom. The van der Waals surface area contributed by atoms with Gasteiger partial charge < -0.3 is 9.67 Å². The topological polar surface area (TPSA) is 54.2 Å². The first kappa shape index (κ1) is 21.3. The Kier molecular flexibility index (Phi) is 5.01. The van der Waals surface area contributed by atoms with E-state index in [1.54, 1.807) is 13.0 Å². The predicted molar refractivity (Wildman–Crippen MR) is 111 cm³/mol. The number of hydrogen-bond donors (Lipinski definition) is 1. The highest BCUT2D eigenvalue weighted by Gasteiger charge is 2.38. The van der Waals surface area contributed by atoms with Crippen molar-refractivity contribution in [3.63, 3.8) is 0 Å². The number of pyridine rings is 2. The summed E-state index contributed by atoms with van der Waals surface area (Å²) >= 11 is 0. The van der Waals surface area contributed by atoms with Gasteiger partial charge in [0.15, 0.2) is 0 Å². The molecular weight excluding hydrogens is 424 g/mol. The number of aromatic nitrogens is 3. The fourth-order valence-corrected chi connectivity index (χ4v) is 5.16. The average Bonchev–Trinajstić information content (AvgIpc) is 3.35. The Hall–Kier alpha value is -2.52. The fourth-order valence-electron chi connectivity index (χ4n) is 5.16. The van der Waals surface area contributed by atoms with Crippen molar-refractivity contribution in [3.8, 4) is 0 Å². The summed E-state index contributed by atoms with van der Waals surface area (Å²) < 4.78 is 54.0. The molecule has 0 radical (unpaired) electrons. The number of hydrogen-bond acceptors (Lipinski definition) is 4. The Morgan fingerprint density at radius 2 is 1.97 bits per heavy atom. The maximum Gasteiger partial charge on any atom is 0.433 e. The van der Waals surface area contributed by atoms with Crippen LogP contribution in [-0.4, -0.2) is 37.6 Å². The van der Waals surface area contributed by atoms with Gasteiger partial charge in [-0.15, -0.1) is 0 Å². The molecule has 0 aliphatic carbocycles. The van der Waals surface area contributed by atoms with Crippen LogP contribution in [0.4, 0.5) is 17.6 Å². The van der Waals surface area contributed by atoms with E-state index in [0.29, 0.717) is 11.3 Å². The van der Waals surface area contributed by atoms with Crippen molar-refractivity contribution < 1.29 is 22.7 Å². The van der Waals surface area contributed by atoms with E-state index in [-0.39, 0.29) is 12.6 Å². The van der Waals surface area contributed by atoms with Crippen molar-refractivity contribution in [2.24, 2.45) is 0 Å². The smallest absolute Gasteiger partial charge is 0.384 e. The van der Waals surface area contributed by atoms with Gasteiger partial charge in [0.1, 0.15) is 18.0 Å². The highest BCUT2D eigenvalue weighted by Crippen LogP contribution is 2.43. The molecule has 2 aliphatic rings.